The molecule has 5 nitrogen and oxygen atoms in total. The lowest BCUT2D eigenvalue weighted by molar-refractivity contribution is -0.132. The predicted molar refractivity (Wildman–Crippen MR) is 84.3 cm³/mol. The average Bonchev–Trinajstić information content (AvgIpc) is 2.44. The quantitative estimate of drug-likeness (QED) is 0.837. The summed E-state index contributed by atoms with van der Waals surface area (Å²) in [6.07, 6.45) is 1.66. The zero-order valence-electron chi connectivity index (χ0n) is 13.8. The molecule has 0 aromatic carbocycles. The van der Waals surface area contributed by atoms with Gasteiger partial charge in [0.15, 0.2) is 6.61 Å². The van der Waals surface area contributed by atoms with E-state index >= 15 is 0 Å². The van der Waals surface area contributed by atoms with Crippen molar-refractivity contribution in [3.8, 4) is 5.75 Å². The molecule has 0 unspecified atom stereocenters. The van der Waals surface area contributed by atoms with Crippen LogP contribution in [0.15, 0.2) is 18.3 Å². The Bertz CT molecular complexity index is 434. The molecule has 1 rings (SSSR count). The highest BCUT2D eigenvalue weighted by Gasteiger charge is 2.11. The van der Waals surface area contributed by atoms with Crippen molar-refractivity contribution >= 4 is 5.91 Å². The molecule has 0 aliphatic carbocycles. The second kappa shape index (κ2) is 7.98. The predicted octanol–water partition coefficient (Wildman–Crippen LogP) is 2.22. The van der Waals surface area contributed by atoms with Crippen molar-refractivity contribution in [1.82, 2.24) is 15.2 Å². The summed E-state index contributed by atoms with van der Waals surface area (Å²) < 4.78 is 5.48. The Morgan fingerprint density at radius 1 is 1.29 bits per heavy atom. The topological polar surface area (TPSA) is 54.5 Å². The first-order valence-electron chi connectivity index (χ1n) is 7.46. The van der Waals surface area contributed by atoms with Crippen LogP contribution in [0.2, 0.25) is 0 Å². The fraction of sp³-hybridized carbons (Fsp3) is 0.625. The van der Waals surface area contributed by atoms with Crippen molar-refractivity contribution in [2.45, 2.75) is 46.7 Å². The van der Waals surface area contributed by atoms with E-state index in [0.29, 0.717) is 25.4 Å². The normalized spacial score (nSPS) is 11.3. The number of pyridine rings is 1. The summed E-state index contributed by atoms with van der Waals surface area (Å²) in [7, 11) is 0. The van der Waals surface area contributed by atoms with Crippen LogP contribution in [-0.4, -0.2) is 41.0 Å². The van der Waals surface area contributed by atoms with E-state index in [-0.39, 0.29) is 18.1 Å². The minimum Gasteiger partial charge on any atom is -0.482 e. The highest BCUT2D eigenvalue weighted by Crippen LogP contribution is 2.10. The maximum Gasteiger partial charge on any atom is 0.260 e. The molecular weight excluding hydrogens is 266 g/mol. The van der Waals surface area contributed by atoms with Gasteiger partial charge in [0.05, 0.1) is 11.9 Å². The van der Waals surface area contributed by atoms with Gasteiger partial charge in [0.1, 0.15) is 5.75 Å². The van der Waals surface area contributed by atoms with E-state index in [0.717, 1.165) is 5.69 Å². The van der Waals surface area contributed by atoms with Gasteiger partial charge in [-0.15, -0.1) is 0 Å². The van der Waals surface area contributed by atoms with Gasteiger partial charge in [0.2, 0.25) is 0 Å². The molecule has 1 aromatic heterocycles. The van der Waals surface area contributed by atoms with E-state index < -0.39 is 0 Å². The van der Waals surface area contributed by atoms with Crippen molar-refractivity contribution in [2.24, 2.45) is 0 Å². The lowest BCUT2D eigenvalue weighted by Gasteiger charge is -2.20. The summed E-state index contributed by atoms with van der Waals surface area (Å²) >= 11 is 0. The van der Waals surface area contributed by atoms with Gasteiger partial charge in [-0.3, -0.25) is 9.78 Å². The molecule has 0 fully saturated rings. The first-order valence-corrected chi connectivity index (χ1v) is 7.46. The third-order valence-corrected chi connectivity index (χ3v) is 3.08. The Labute approximate surface area is 127 Å². The molecule has 21 heavy (non-hydrogen) atoms. The first-order chi connectivity index (χ1) is 9.85. The smallest absolute Gasteiger partial charge is 0.260 e. The van der Waals surface area contributed by atoms with Gasteiger partial charge in [0, 0.05) is 25.2 Å². The van der Waals surface area contributed by atoms with Crippen molar-refractivity contribution < 1.29 is 9.53 Å². The Morgan fingerprint density at radius 3 is 2.43 bits per heavy atom. The zero-order valence-corrected chi connectivity index (χ0v) is 13.8. The van der Waals surface area contributed by atoms with Crippen LogP contribution in [0.1, 0.15) is 40.3 Å². The summed E-state index contributed by atoms with van der Waals surface area (Å²) in [6.45, 7) is 12.4. The molecule has 0 saturated carbocycles. The van der Waals surface area contributed by atoms with E-state index in [1.165, 1.54) is 0 Å². The van der Waals surface area contributed by atoms with Crippen molar-refractivity contribution in [3.63, 3.8) is 0 Å². The maximum atomic E-state index is 11.8. The molecule has 0 aliphatic rings. The lowest BCUT2D eigenvalue weighted by Crippen LogP contribution is -2.35. The molecule has 1 heterocycles. The molecule has 118 valence electrons. The molecule has 1 amide bonds. The Balaban J connectivity index is 2.46. The van der Waals surface area contributed by atoms with E-state index in [1.807, 2.05) is 26.0 Å². The van der Waals surface area contributed by atoms with Crippen LogP contribution in [0.4, 0.5) is 0 Å². The van der Waals surface area contributed by atoms with Crippen LogP contribution in [0.5, 0.6) is 5.75 Å². The van der Waals surface area contributed by atoms with Crippen LogP contribution >= 0.6 is 0 Å². The monoisotopic (exact) mass is 293 g/mol. The molecule has 0 bridgehead atoms. The number of rotatable bonds is 7. The van der Waals surface area contributed by atoms with Crippen LogP contribution < -0.4 is 10.1 Å². The minimum absolute atomic E-state index is 0.00141. The SMILES string of the molecule is CCN(CC)C(=O)COc1ccc(CNC(C)(C)C)nc1. The van der Waals surface area contributed by atoms with Gasteiger partial charge in [-0.1, -0.05) is 0 Å². The molecule has 0 spiro atoms. The fourth-order valence-electron chi connectivity index (χ4n) is 1.77. The van der Waals surface area contributed by atoms with Crippen LogP contribution in [0.25, 0.3) is 0 Å². The maximum absolute atomic E-state index is 11.8. The Morgan fingerprint density at radius 2 is 1.95 bits per heavy atom. The molecule has 1 N–H and O–H groups in total. The standard InChI is InChI=1S/C16H27N3O2/c1-6-19(7-2)15(20)12-21-14-9-8-13(17-11-14)10-18-16(3,4)5/h8-9,11,18H,6-7,10,12H2,1-5H3. The number of likely N-dealkylation sites (N-methyl/N-ethyl adjacent to an activating group) is 1. The molecular formula is C16H27N3O2. The van der Waals surface area contributed by atoms with Gasteiger partial charge in [-0.25, -0.2) is 0 Å². The van der Waals surface area contributed by atoms with Gasteiger partial charge in [-0.05, 0) is 46.8 Å². The van der Waals surface area contributed by atoms with E-state index in [4.69, 9.17) is 4.74 Å². The zero-order chi connectivity index (χ0) is 15.9. The summed E-state index contributed by atoms with van der Waals surface area (Å²) in [5, 5.41) is 3.37. The Hall–Kier alpha value is -1.62. The lowest BCUT2D eigenvalue weighted by atomic mass is 10.1. The molecule has 5 heteroatoms. The van der Waals surface area contributed by atoms with E-state index in [9.17, 15) is 4.79 Å². The molecule has 1 aromatic rings. The van der Waals surface area contributed by atoms with Gasteiger partial charge < -0.3 is 15.0 Å². The molecule has 0 radical (unpaired) electrons. The van der Waals surface area contributed by atoms with Gasteiger partial charge in [-0.2, -0.15) is 0 Å². The second-order valence-corrected chi connectivity index (χ2v) is 5.94. The minimum atomic E-state index is -0.00141. The second-order valence-electron chi connectivity index (χ2n) is 5.94. The highest BCUT2D eigenvalue weighted by molar-refractivity contribution is 5.77. The summed E-state index contributed by atoms with van der Waals surface area (Å²) in [5.74, 6) is 0.619. The number of amides is 1. The fourth-order valence-corrected chi connectivity index (χ4v) is 1.77. The molecule has 0 atom stereocenters. The van der Waals surface area contributed by atoms with Crippen molar-refractivity contribution in [3.05, 3.63) is 24.0 Å². The number of hydrogen-bond acceptors (Lipinski definition) is 4. The number of carbonyl (C=O) groups excluding carboxylic acids is 1. The summed E-state index contributed by atoms with van der Waals surface area (Å²) in [6, 6.07) is 3.76. The van der Waals surface area contributed by atoms with Crippen LogP contribution in [0, 0.1) is 0 Å². The largest absolute Gasteiger partial charge is 0.482 e. The van der Waals surface area contributed by atoms with Crippen LogP contribution in [-0.2, 0) is 11.3 Å². The third kappa shape index (κ3) is 6.58. The van der Waals surface area contributed by atoms with E-state index in [2.05, 4.69) is 31.1 Å². The number of nitrogens with zero attached hydrogens (tertiary/aromatic N) is 2. The Kier molecular flexibility index (Phi) is 6.62. The number of aromatic nitrogens is 1. The summed E-state index contributed by atoms with van der Waals surface area (Å²) in [5.41, 5.74) is 1.01. The number of carbonyl (C=O) groups is 1. The molecule has 0 aliphatic heterocycles. The van der Waals surface area contributed by atoms with Crippen LogP contribution in [0.3, 0.4) is 0 Å². The molecule has 0 saturated heterocycles. The highest BCUT2D eigenvalue weighted by atomic mass is 16.5. The number of nitrogens with one attached hydrogen (secondary N) is 1. The van der Waals surface area contributed by atoms with Gasteiger partial charge in [0.25, 0.3) is 5.91 Å². The van der Waals surface area contributed by atoms with E-state index in [1.54, 1.807) is 11.1 Å². The average molecular weight is 293 g/mol. The first kappa shape index (κ1) is 17.4. The summed E-state index contributed by atoms with van der Waals surface area (Å²) in [4.78, 5) is 17.9. The van der Waals surface area contributed by atoms with Crippen molar-refractivity contribution in [2.75, 3.05) is 19.7 Å². The van der Waals surface area contributed by atoms with Gasteiger partial charge >= 0.3 is 0 Å². The third-order valence-electron chi connectivity index (χ3n) is 3.08. The number of ether oxygens (including phenoxy) is 1. The van der Waals surface area contributed by atoms with Crippen molar-refractivity contribution in [1.29, 1.82) is 0 Å². The number of hydrogen-bond donors (Lipinski definition) is 1.